The number of carboxylic acids is 4. The van der Waals surface area contributed by atoms with Gasteiger partial charge in [0.25, 0.3) is 23.9 Å². The second-order valence-electron chi connectivity index (χ2n) is 23.9. The minimum atomic E-state index is -2.06. The number of rotatable bonds is 60. The molecule has 25 heteroatoms. The molecule has 0 radical (unpaired) electrons. The van der Waals surface area contributed by atoms with Gasteiger partial charge in [0.05, 0.1) is 76.7 Å². The van der Waals surface area contributed by atoms with E-state index in [2.05, 4.69) is 0 Å². The number of ketones is 4. The van der Waals surface area contributed by atoms with Gasteiger partial charge in [0.15, 0.2) is 45.5 Å². The minimum Gasteiger partial charge on any atom is -0.546 e. The van der Waals surface area contributed by atoms with E-state index in [1.807, 2.05) is 83.1 Å². The molecular formula is C72H132O24Zr. The topological polar surface area (TPSA) is 340 Å². The van der Waals surface area contributed by atoms with Gasteiger partial charge in [-0.2, -0.15) is 0 Å². The third-order valence-electron chi connectivity index (χ3n) is 15.7. The molecule has 0 saturated carbocycles. The number of unbranched alkanes of at least 4 members (excludes halogenated alkanes) is 8. The van der Waals surface area contributed by atoms with E-state index in [9.17, 15) is 58.8 Å². The van der Waals surface area contributed by atoms with Gasteiger partial charge in [0.2, 0.25) is 0 Å². The van der Waals surface area contributed by atoms with E-state index in [4.69, 9.17) is 56.8 Å². The van der Waals surface area contributed by atoms with Crippen LogP contribution in [0.3, 0.4) is 0 Å². The summed E-state index contributed by atoms with van der Waals surface area (Å²) in [5.41, 5.74) is -8.25. The molecule has 568 valence electrons. The molecule has 4 unspecified atom stereocenters. The number of ether oxygens (including phenoxy) is 12. The molecule has 0 aromatic carbocycles. The van der Waals surface area contributed by atoms with Crippen molar-refractivity contribution in [2.45, 2.75) is 365 Å². The van der Waals surface area contributed by atoms with Crippen LogP contribution in [0.1, 0.15) is 318 Å². The van der Waals surface area contributed by atoms with Gasteiger partial charge in [-0.15, -0.1) is 0 Å². The first kappa shape index (κ1) is 103. The number of carbonyl (C=O) groups excluding carboxylic acids is 8. The van der Waals surface area contributed by atoms with Crippen molar-refractivity contribution in [2.75, 3.05) is 52.9 Å². The Balaban J connectivity index is -0.000000386. The molecule has 0 fully saturated rings. The van der Waals surface area contributed by atoms with E-state index in [0.717, 1.165) is 103 Å². The average molecular weight is 1470 g/mol. The molecule has 0 heterocycles. The van der Waals surface area contributed by atoms with E-state index >= 15 is 0 Å². The van der Waals surface area contributed by atoms with Crippen molar-refractivity contribution in [3.05, 3.63) is 0 Å². The van der Waals surface area contributed by atoms with Gasteiger partial charge in [0, 0.05) is 25.7 Å². The Bertz CT molecular complexity index is 1720. The second-order valence-corrected chi connectivity index (χ2v) is 23.9. The predicted octanol–water partition coefficient (Wildman–Crippen LogP) is 10.3. The second kappa shape index (κ2) is 57.5. The molecule has 0 aliphatic heterocycles. The third-order valence-corrected chi connectivity index (χ3v) is 15.7. The zero-order valence-electron chi connectivity index (χ0n) is 63.8. The van der Waals surface area contributed by atoms with Gasteiger partial charge >= 0.3 is 26.2 Å². The number of hydrogen-bond acceptors (Lipinski definition) is 24. The monoisotopic (exact) mass is 1470 g/mol. The first-order valence-corrected chi connectivity index (χ1v) is 36.2. The maximum Gasteiger partial charge on any atom is 4.00 e. The van der Waals surface area contributed by atoms with E-state index < -0.39 is 93.3 Å². The third kappa shape index (κ3) is 36.6. The summed E-state index contributed by atoms with van der Waals surface area (Å²) in [4.78, 5) is 94.8. The standard InChI is InChI=1S/4C18H34O6.Zr/c4*1-6-10-13-22-18(12-8-3,23-14-11-7-2)24-17(9-4,15(5)19)16(20)21;/h4*6-14H2,1-5H3,(H,20,21);/q;;;;+4/p-4. The number of carbonyl (C=O) groups is 8. The van der Waals surface area contributed by atoms with Crippen LogP contribution in [0.4, 0.5) is 0 Å². The molecule has 0 rings (SSSR count). The van der Waals surface area contributed by atoms with Gasteiger partial charge in [-0.05, 0) is 130 Å². The van der Waals surface area contributed by atoms with Crippen LogP contribution in [0.5, 0.6) is 0 Å². The number of Topliss-reactive ketones (excluding diaryl/α,β-unsaturated/α-hetero) is 4. The number of carboxylic acid groups (broad SMARTS) is 4. The summed E-state index contributed by atoms with van der Waals surface area (Å²) in [5, 5.41) is 46.7. The van der Waals surface area contributed by atoms with Crippen LogP contribution in [0, 0.1) is 0 Å². The predicted molar refractivity (Wildman–Crippen MR) is 357 cm³/mol. The van der Waals surface area contributed by atoms with E-state index in [1.54, 1.807) is 27.7 Å². The minimum absolute atomic E-state index is 0. The maximum atomic E-state index is 12.0. The Morgan fingerprint density at radius 2 is 0.361 bits per heavy atom. The molecule has 0 amide bonds. The molecule has 0 bridgehead atoms. The zero-order valence-corrected chi connectivity index (χ0v) is 66.2. The fourth-order valence-corrected chi connectivity index (χ4v) is 9.34. The number of aliphatic carboxylic acids is 4. The molecular weight excluding hydrogens is 1340 g/mol. The Labute approximate surface area is 603 Å². The van der Waals surface area contributed by atoms with Crippen molar-refractivity contribution in [2.24, 2.45) is 0 Å². The van der Waals surface area contributed by atoms with Gasteiger partial charge in [-0.1, -0.05) is 162 Å². The molecule has 0 spiro atoms. The van der Waals surface area contributed by atoms with Crippen LogP contribution >= 0.6 is 0 Å². The molecule has 0 aliphatic rings. The summed E-state index contributed by atoms with van der Waals surface area (Å²) in [6.07, 6.45) is 17.4. The summed E-state index contributed by atoms with van der Waals surface area (Å²) in [6.45, 7) is 37.9. The summed E-state index contributed by atoms with van der Waals surface area (Å²) in [6, 6.07) is 0. The molecule has 0 aliphatic carbocycles. The number of hydrogen-bond donors (Lipinski definition) is 0. The van der Waals surface area contributed by atoms with E-state index in [-0.39, 0.29) is 51.9 Å². The quantitative estimate of drug-likeness (QED) is 0.0310. The van der Waals surface area contributed by atoms with Crippen LogP contribution in [-0.4, -0.2) is 146 Å². The Morgan fingerprint density at radius 1 is 0.237 bits per heavy atom. The molecule has 0 aromatic rings. The molecule has 0 aromatic heterocycles. The Hall–Kier alpha value is -3.04. The van der Waals surface area contributed by atoms with Crippen molar-refractivity contribution < 1.29 is 142 Å². The van der Waals surface area contributed by atoms with Crippen LogP contribution in [0.25, 0.3) is 0 Å². The Morgan fingerprint density at radius 3 is 0.433 bits per heavy atom. The fraction of sp³-hybridized carbons (Fsp3) is 0.889. The van der Waals surface area contributed by atoms with Crippen molar-refractivity contribution >= 4 is 47.0 Å². The largest absolute Gasteiger partial charge is 4.00 e. The molecule has 0 saturated heterocycles. The smallest absolute Gasteiger partial charge is 0.546 e. The SMILES string of the molecule is CCCCOC(CCC)(OCCCC)OC(CC)(C(C)=O)C(=O)[O-].CCCCOC(CCC)(OCCCC)OC(CC)(C(C)=O)C(=O)[O-].CCCCOC(CCC)(OCCCC)OC(CC)(C(C)=O)C(=O)[O-].CCCCOC(CCC)(OCCCC)OC(CC)(C(C)=O)C(=O)[O-].[Zr+4]. The average Bonchev–Trinajstić information content (AvgIpc) is 0.831. The fourth-order valence-electron chi connectivity index (χ4n) is 9.34. The van der Waals surface area contributed by atoms with Crippen molar-refractivity contribution in [3.8, 4) is 0 Å². The normalized spacial score (nSPS) is 14.2. The maximum absolute atomic E-state index is 12.0. The molecule has 4 atom stereocenters. The van der Waals surface area contributed by atoms with E-state index in [0.29, 0.717) is 104 Å². The van der Waals surface area contributed by atoms with Crippen LogP contribution in [0.15, 0.2) is 0 Å². The summed E-state index contributed by atoms with van der Waals surface area (Å²) in [7, 11) is 0. The van der Waals surface area contributed by atoms with Crippen LogP contribution < -0.4 is 20.4 Å². The summed E-state index contributed by atoms with van der Waals surface area (Å²) >= 11 is 0. The van der Waals surface area contributed by atoms with Gasteiger partial charge in [0.1, 0.15) is 0 Å². The molecule has 0 N–H and O–H groups in total. The van der Waals surface area contributed by atoms with Gasteiger partial charge < -0.3 is 96.4 Å². The van der Waals surface area contributed by atoms with Crippen LogP contribution in [-0.2, 0) is 121 Å². The first-order valence-electron chi connectivity index (χ1n) is 36.2. The first-order chi connectivity index (χ1) is 45.3. The van der Waals surface area contributed by atoms with Crippen molar-refractivity contribution in [1.82, 2.24) is 0 Å². The Kier molecular flexibility index (Phi) is 60.8. The van der Waals surface area contributed by atoms with Crippen molar-refractivity contribution in [3.63, 3.8) is 0 Å². The molecule has 24 nitrogen and oxygen atoms in total. The van der Waals surface area contributed by atoms with Crippen LogP contribution in [0.2, 0.25) is 0 Å². The summed E-state index contributed by atoms with van der Waals surface area (Å²) < 4.78 is 69.7. The zero-order chi connectivity index (χ0) is 74.6. The molecule has 97 heavy (non-hydrogen) atoms. The van der Waals surface area contributed by atoms with Crippen molar-refractivity contribution in [1.29, 1.82) is 0 Å². The van der Waals surface area contributed by atoms with E-state index in [1.165, 1.54) is 27.7 Å². The van der Waals surface area contributed by atoms with Gasteiger partial charge in [-0.25, -0.2) is 0 Å². The van der Waals surface area contributed by atoms with Gasteiger partial charge in [-0.3, -0.25) is 19.2 Å². The summed E-state index contributed by atoms with van der Waals surface area (Å²) in [5.74, 6) is -14.9.